The Bertz CT molecular complexity index is 1470. The van der Waals surface area contributed by atoms with Crippen molar-refractivity contribution in [1.82, 2.24) is 0 Å². The fourth-order valence-electron chi connectivity index (χ4n) is 4.62. The van der Waals surface area contributed by atoms with Gasteiger partial charge in [0.25, 0.3) is 0 Å². The molecule has 0 spiro atoms. The molecule has 3 aromatic carbocycles. The minimum atomic E-state index is -1.66. The number of ether oxygens (including phenoxy) is 4. The van der Waals surface area contributed by atoms with Gasteiger partial charge >= 0.3 is 5.97 Å². The number of Topliss-reactive ketones (excluding diaryl/α,β-unsaturated/α-hetero) is 1. The monoisotopic (exact) mass is 580 g/mol. The lowest BCUT2D eigenvalue weighted by atomic mass is 9.95. The lowest BCUT2D eigenvalue weighted by Gasteiger charge is -2.39. The summed E-state index contributed by atoms with van der Waals surface area (Å²) in [4.78, 5) is 24.7. The Labute approximate surface area is 239 Å². The molecule has 0 amide bonds. The molecule has 0 aliphatic carbocycles. The Kier molecular flexibility index (Phi) is 8.31. The first kappa shape index (κ1) is 28.9. The lowest BCUT2D eigenvalue weighted by Crippen LogP contribution is -2.60. The number of hydrogen-bond acceptors (Lipinski definition) is 12. The van der Waals surface area contributed by atoms with Crippen LogP contribution in [0.5, 0.6) is 28.7 Å². The maximum absolute atomic E-state index is 12.6. The van der Waals surface area contributed by atoms with E-state index in [-0.39, 0.29) is 46.5 Å². The van der Waals surface area contributed by atoms with Gasteiger partial charge < -0.3 is 49.6 Å². The Morgan fingerprint density at radius 3 is 2.33 bits per heavy atom. The van der Waals surface area contributed by atoms with Crippen molar-refractivity contribution in [3.8, 4) is 28.7 Å². The van der Waals surface area contributed by atoms with Gasteiger partial charge in [0.05, 0.1) is 6.42 Å². The van der Waals surface area contributed by atoms with E-state index in [1.165, 1.54) is 36.4 Å². The number of esters is 1. The fourth-order valence-corrected chi connectivity index (χ4v) is 4.62. The number of carbonyl (C=O) groups excluding carboxylic acids is 2. The van der Waals surface area contributed by atoms with Gasteiger partial charge in [-0.2, -0.15) is 0 Å². The van der Waals surface area contributed by atoms with Crippen LogP contribution < -0.4 is 9.47 Å². The van der Waals surface area contributed by atoms with Crippen LogP contribution in [0.2, 0.25) is 0 Å². The van der Waals surface area contributed by atoms with Crippen molar-refractivity contribution < 1.29 is 59.2 Å². The lowest BCUT2D eigenvalue weighted by molar-refractivity contribution is -0.278. The van der Waals surface area contributed by atoms with Crippen LogP contribution in [0.25, 0.3) is 6.08 Å². The zero-order valence-electron chi connectivity index (χ0n) is 21.9. The van der Waals surface area contributed by atoms with Gasteiger partial charge in [-0.05, 0) is 41.5 Å². The number of benzene rings is 3. The van der Waals surface area contributed by atoms with E-state index in [1.807, 2.05) is 0 Å². The summed E-state index contributed by atoms with van der Waals surface area (Å²) in [5, 5.41) is 60.2. The summed E-state index contributed by atoms with van der Waals surface area (Å²) in [5.74, 6) is -1.36. The summed E-state index contributed by atoms with van der Waals surface area (Å²) in [7, 11) is 0. The molecule has 12 nitrogen and oxygen atoms in total. The highest BCUT2D eigenvalue weighted by Gasteiger charge is 2.45. The largest absolute Gasteiger partial charge is 0.508 e. The molecule has 12 heteroatoms. The average molecular weight is 581 g/mol. The van der Waals surface area contributed by atoms with Crippen LogP contribution in [0.3, 0.4) is 0 Å². The highest BCUT2D eigenvalue weighted by molar-refractivity contribution is 6.02. The van der Waals surface area contributed by atoms with Crippen molar-refractivity contribution >= 4 is 17.8 Å². The summed E-state index contributed by atoms with van der Waals surface area (Å²) in [6.07, 6.45) is -5.63. The predicted molar refractivity (Wildman–Crippen MR) is 144 cm³/mol. The molecule has 3 aromatic rings. The van der Waals surface area contributed by atoms with Crippen molar-refractivity contribution in [2.45, 2.75) is 43.2 Å². The molecule has 2 aliphatic rings. The van der Waals surface area contributed by atoms with E-state index < -0.39 is 49.4 Å². The van der Waals surface area contributed by atoms with Gasteiger partial charge in [0.15, 0.2) is 5.78 Å². The molecule has 42 heavy (non-hydrogen) atoms. The Morgan fingerprint density at radius 2 is 1.62 bits per heavy atom. The Balaban J connectivity index is 1.20. The summed E-state index contributed by atoms with van der Waals surface area (Å²) < 4.78 is 22.3. The molecule has 0 radical (unpaired) electrons. The molecule has 6 N–H and O–H groups in total. The van der Waals surface area contributed by atoms with Gasteiger partial charge in [-0.25, -0.2) is 4.79 Å². The summed E-state index contributed by atoms with van der Waals surface area (Å²) in [6, 6.07) is 14.7. The maximum atomic E-state index is 12.6. The molecular formula is C30H28O12. The quantitative estimate of drug-likeness (QED) is 0.176. The van der Waals surface area contributed by atoms with E-state index in [0.29, 0.717) is 11.1 Å². The van der Waals surface area contributed by atoms with E-state index in [0.717, 1.165) is 12.1 Å². The number of ketones is 1. The van der Waals surface area contributed by atoms with E-state index in [1.54, 1.807) is 24.3 Å². The molecule has 220 valence electrons. The van der Waals surface area contributed by atoms with Crippen molar-refractivity contribution in [1.29, 1.82) is 0 Å². The Morgan fingerprint density at radius 1 is 0.905 bits per heavy atom. The third kappa shape index (κ3) is 6.31. The van der Waals surface area contributed by atoms with Crippen LogP contribution in [-0.2, 0) is 14.3 Å². The molecule has 0 unspecified atom stereocenters. The first-order valence-corrected chi connectivity index (χ1v) is 12.9. The number of carbonyl (C=O) groups is 2. The van der Waals surface area contributed by atoms with E-state index in [9.17, 15) is 40.2 Å². The van der Waals surface area contributed by atoms with Crippen molar-refractivity contribution in [2.24, 2.45) is 0 Å². The van der Waals surface area contributed by atoms with Crippen LogP contribution in [0.4, 0.5) is 0 Å². The summed E-state index contributed by atoms with van der Waals surface area (Å²) in [5.41, 5.74) is 1.23. The highest BCUT2D eigenvalue weighted by Crippen LogP contribution is 2.41. The highest BCUT2D eigenvalue weighted by atomic mass is 16.7. The van der Waals surface area contributed by atoms with Crippen molar-refractivity contribution in [3.63, 3.8) is 0 Å². The topological polar surface area (TPSA) is 192 Å². The number of rotatable bonds is 7. The smallest absolute Gasteiger partial charge is 0.330 e. The minimum absolute atomic E-state index is 0.00165. The van der Waals surface area contributed by atoms with Crippen molar-refractivity contribution in [3.05, 3.63) is 83.4 Å². The zero-order chi connectivity index (χ0) is 30.0. The fraction of sp³-hybridized carbons (Fsp3) is 0.267. The van der Waals surface area contributed by atoms with Gasteiger partial charge in [-0.15, -0.1) is 0 Å². The summed E-state index contributed by atoms with van der Waals surface area (Å²) >= 11 is 0. The SMILES string of the molecule is O=C(/C=C/c1ccc(O)cc1)OC[C@H]1O[C@@H](Oc2ccc([C@@H]3CC(=O)c4c(O)cc(O)cc4O3)cc2)[C@H](O)[C@@H](O)[C@@H]1O. The number of phenolic OH excluding ortho intramolecular Hbond substituents is 3. The molecule has 2 heterocycles. The molecular weight excluding hydrogens is 552 g/mol. The minimum Gasteiger partial charge on any atom is -0.508 e. The maximum Gasteiger partial charge on any atom is 0.330 e. The zero-order valence-corrected chi connectivity index (χ0v) is 21.9. The second-order valence-corrected chi connectivity index (χ2v) is 9.83. The summed E-state index contributed by atoms with van der Waals surface area (Å²) in [6.45, 7) is -0.442. The first-order valence-electron chi connectivity index (χ1n) is 12.9. The second-order valence-electron chi connectivity index (χ2n) is 9.83. The van der Waals surface area contributed by atoms with Gasteiger partial charge in [0.2, 0.25) is 6.29 Å². The molecule has 2 aliphatic heterocycles. The predicted octanol–water partition coefficient (Wildman–Crippen LogP) is 1.95. The molecule has 0 saturated carbocycles. The number of aliphatic hydroxyl groups is 3. The van der Waals surface area contributed by atoms with E-state index in [2.05, 4.69) is 0 Å². The normalized spacial score (nSPS) is 25.5. The Hall–Kier alpha value is -4.62. The third-order valence-corrected chi connectivity index (χ3v) is 6.85. The van der Waals surface area contributed by atoms with Gasteiger partial charge in [-0.1, -0.05) is 24.3 Å². The first-order chi connectivity index (χ1) is 20.1. The van der Waals surface area contributed by atoms with Crippen LogP contribution in [0.15, 0.2) is 66.7 Å². The number of aliphatic hydroxyl groups excluding tert-OH is 3. The number of hydrogen-bond donors (Lipinski definition) is 6. The molecule has 0 aromatic heterocycles. The third-order valence-electron chi connectivity index (χ3n) is 6.85. The van der Waals surface area contributed by atoms with Crippen molar-refractivity contribution in [2.75, 3.05) is 6.61 Å². The van der Waals surface area contributed by atoms with Crippen LogP contribution >= 0.6 is 0 Å². The standard InChI is InChI=1S/C30H28O12/c31-17-6-1-15(2-7-17)3-10-25(35)39-14-24-27(36)28(37)29(38)30(42-24)40-19-8-4-16(5-9-19)22-13-21(34)26-20(33)11-18(32)12-23(26)41-22/h1-12,22,24,27-33,36-38H,13-14H2/b10-3+/t22-,24+,27+,28-,29+,30+/m0/s1. The number of aromatic hydroxyl groups is 3. The van der Waals surface area contributed by atoms with Gasteiger partial charge in [0.1, 0.15) is 71.4 Å². The van der Waals surface area contributed by atoms with Gasteiger partial charge in [0, 0.05) is 18.2 Å². The van der Waals surface area contributed by atoms with Crippen LogP contribution in [0.1, 0.15) is 34.0 Å². The van der Waals surface area contributed by atoms with Gasteiger partial charge in [-0.3, -0.25) is 4.79 Å². The number of phenols is 3. The van der Waals surface area contributed by atoms with Crippen LogP contribution in [-0.4, -0.2) is 79.7 Å². The molecule has 5 rings (SSSR count). The molecule has 1 saturated heterocycles. The van der Waals surface area contributed by atoms with E-state index in [4.69, 9.17) is 18.9 Å². The molecule has 6 atom stereocenters. The average Bonchev–Trinajstić information content (AvgIpc) is 2.96. The van der Waals surface area contributed by atoms with E-state index >= 15 is 0 Å². The number of fused-ring (bicyclic) bond motifs is 1. The molecule has 1 fully saturated rings. The second kappa shape index (κ2) is 12.1. The molecule has 0 bridgehead atoms. The van der Waals surface area contributed by atoms with Crippen LogP contribution in [0, 0.1) is 0 Å².